The minimum Gasteiger partial charge on any atom is -0.361 e. The predicted octanol–water partition coefficient (Wildman–Crippen LogP) is 3.77. The molecule has 0 fully saturated rings. The van der Waals surface area contributed by atoms with Gasteiger partial charge in [0.25, 0.3) is 0 Å². The zero-order valence-corrected chi connectivity index (χ0v) is 16.6. The Bertz CT molecular complexity index is 923. The van der Waals surface area contributed by atoms with E-state index in [0.29, 0.717) is 6.04 Å². The summed E-state index contributed by atoms with van der Waals surface area (Å²) in [5.41, 5.74) is 6.48. The SMILES string of the molecule is C=CCN1C[C@H](C(=O)N(C)CCC)C=C2c3ccc(C)c4[nH]cc(c34)C[C@H]21. The quantitative estimate of drug-likeness (QED) is 0.822. The van der Waals surface area contributed by atoms with E-state index in [-0.39, 0.29) is 11.8 Å². The number of aryl methyl sites for hydroxylation is 1. The van der Waals surface area contributed by atoms with Gasteiger partial charge >= 0.3 is 0 Å². The minimum absolute atomic E-state index is 0.0930. The lowest BCUT2D eigenvalue weighted by molar-refractivity contribution is -0.133. The van der Waals surface area contributed by atoms with Crippen LogP contribution >= 0.6 is 0 Å². The fourth-order valence-corrected chi connectivity index (χ4v) is 4.78. The standard InChI is InChI=1S/C23H29N3O/c1-5-9-25(4)23(27)17-11-19-18-8-7-15(3)22-21(18)16(13-24-22)12-20(19)26(14-17)10-6-2/h6-8,11,13,17,20,24H,2,5,9-10,12,14H2,1,3-4H3/t17-,20-/m1/s1. The molecule has 0 saturated carbocycles. The molecule has 2 heterocycles. The third kappa shape index (κ3) is 2.92. The van der Waals surface area contributed by atoms with E-state index in [1.807, 2.05) is 18.0 Å². The van der Waals surface area contributed by atoms with Gasteiger partial charge in [-0.1, -0.05) is 31.2 Å². The first-order valence-corrected chi connectivity index (χ1v) is 9.96. The first kappa shape index (κ1) is 18.1. The van der Waals surface area contributed by atoms with Crippen LogP contribution in [-0.4, -0.2) is 53.4 Å². The van der Waals surface area contributed by atoms with Gasteiger partial charge in [0, 0.05) is 49.8 Å². The molecule has 2 atom stereocenters. The number of carbonyl (C=O) groups is 1. The molecule has 2 aliphatic rings. The van der Waals surface area contributed by atoms with E-state index >= 15 is 0 Å². The van der Waals surface area contributed by atoms with Crippen molar-refractivity contribution in [1.82, 2.24) is 14.8 Å². The summed E-state index contributed by atoms with van der Waals surface area (Å²) in [6.07, 6.45) is 8.34. The first-order valence-electron chi connectivity index (χ1n) is 9.96. The van der Waals surface area contributed by atoms with Crippen molar-refractivity contribution >= 4 is 22.4 Å². The van der Waals surface area contributed by atoms with Crippen molar-refractivity contribution in [2.45, 2.75) is 32.7 Å². The van der Waals surface area contributed by atoms with Crippen LogP contribution in [0.15, 0.2) is 37.1 Å². The van der Waals surface area contributed by atoms with Gasteiger partial charge in [-0.2, -0.15) is 0 Å². The summed E-state index contributed by atoms with van der Waals surface area (Å²) in [6, 6.07) is 4.74. The molecule has 1 aliphatic heterocycles. The molecule has 0 saturated heterocycles. The van der Waals surface area contributed by atoms with Crippen LogP contribution in [0.5, 0.6) is 0 Å². The van der Waals surface area contributed by atoms with E-state index in [0.717, 1.165) is 32.5 Å². The van der Waals surface area contributed by atoms with Crippen LogP contribution in [-0.2, 0) is 11.2 Å². The van der Waals surface area contributed by atoms with Gasteiger partial charge in [0.05, 0.1) is 5.92 Å². The van der Waals surface area contributed by atoms with E-state index in [1.54, 1.807) is 0 Å². The third-order valence-corrected chi connectivity index (χ3v) is 6.08. The molecule has 1 amide bonds. The zero-order chi connectivity index (χ0) is 19.1. The fraction of sp³-hybridized carbons (Fsp3) is 0.435. The molecule has 0 bridgehead atoms. The number of benzene rings is 1. The topological polar surface area (TPSA) is 39.3 Å². The molecule has 1 aromatic carbocycles. The van der Waals surface area contributed by atoms with Crippen molar-refractivity contribution in [2.75, 3.05) is 26.7 Å². The first-order chi connectivity index (χ1) is 13.0. The van der Waals surface area contributed by atoms with Crippen molar-refractivity contribution in [3.8, 4) is 0 Å². The number of aromatic amines is 1. The number of hydrogen-bond acceptors (Lipinski definition) is 2. The number of aromatic nitrogens is 1. The number of nitrogens with zero attached hydrogens (tertiary/aromatic N) is 2. The fourth-order valence-electron chi connectivity index (χ4n) is 4.78. The van der Waals surface area contributed by atoms with E-state index < -0.39 is 0 Å². The van der Waals surface area contributed by atoms with Crippen molar-refractivity contribution in [3.63, 3.8) is 0 Å². The normalized spacial score (nSPS) is 21.7. The summed E-state index contributed by atoms with van der Waals surface area (Å²) in [5.74, 6) is 0.129. The van der Waals surface area contributed by atoms with Gasteiger partial charge in [-0.15, -0.1) is 6.58 Å². The van der Waals surface area contributed by atoms with E-state index in [1.165, 1.54) is 33.2 Å². The molecule has 4 nitrogen and oxygen atoms in total. The Kier molecular flexibility index (Phi) is 4.68. The van der Waals surface area contributed by atoms with Crippen LogP contribution in [0.4, 0.5) is 0 Å². The Morgan fingerprint density at radius 2 is 2.26 bits per heavy atom. The molecule has 2 aromatic rings. The number of amides is 1. The molecule has 4 rings (SSSR count). The average Bonchev–Trinajstić information content (AvgIpc) is 3.09. The number of H-pyrrole nitrogens is 1. The van der Waals surface area contributed by atoms with Gasteiger partial charge in [0.15, 0.2) is 0 Å². The smallest absolute Gasteiger partial charge is 0.230 e. The minimum atomic E-state index is -0.0930. The molecule has 0 unspecified atom stereocenters. The van der Waals surface area contributed by atoms with Crippen LogP contribution in [0.3, 0.4) is 0 Å². The molecular weight excluding hydrogens is 334 g/mol. The van der Waals surface area contributed by atoms with Gasteiger partial charge in [-0.3, -0.25) is 9.69 Å². The molecule has 1 aromatic heterocycles. The Morgan fingerprint density at radius 3 is 3.00 bits per heavy atom. The van der Waals surface area contributed by atoms with Crippen LogP contribution in [0.2, 0.25) is 0 Å². The lowest BCUT2D eigenvalue weighted by Gasteiger charge is -2.41. The van der Waals surface area contributed by atoms with Gasteiger partial charge in [-0.05, 0) is 42.0 Å². The summed E-state index contributed by atoms with van der Waals surface area (Å²) >= 11 is 0. The summed E-state index contributed by atoms with van der Waals surface area (Å²) in [7, 11) is 1.92. The Labute approximate surface area is 161 Å². The highest BCUT2D eigenvalue weighted by atomic mass is 16.2. The molecule has 142 valence electrons. The highest BCUT2D eigenvalue weighted by Crippen LogP contribution is 2.42. The molecule has 4 heteroatoms. The van der Waals surface area contributed by atoms with Crippen molar-refractivity contribution < 1.29 is 4.79 Å². The third-order valence-electron chi connectivity index (χ3n) is 6.08. The maximum Gasteiger partial charge on any atom is 0.230 e. The summed E-state index contributed by atoms with van der Waals surface area (Å²) < 4.78 is 0. The second-order valence-electron chi connectivity index (χ2n) is 7.94. The maximum absolute atomic E-state index is 13.0. The van der Waals surface area contributed by atoms with Crippen molar-refractivity contribution in [1.29, 1.82) is 0 Å². The number of fused-ring (bicyclic) bond motifs is 2. The van der Waals surface area contributed by atoms with Crippen LogP contribution in [0.1, 0.15) is 30.0 Å². The van der Waals surface area contributed by atoms with Crippen LogP contribution < -0.4 is 0 Å². The van der Waals surface area contributed by atoms with Gasteiger partial charge in [-0.25, -0.2) is 0 Å². The van der Waals surface area contributed by atoms with E-state index in [4.69, 9.17) is 0 Å². The van der Waals surface area contributed by atoms with Crippen LogP contribution in [0.25, 0.3) is 16.5 Å². The maximum atomic E-state index is 13.0. The number of nitrogens with one attached hydrogen (secondary N) is 1. The lowest BCUT2D eigenvalue weighted by atomic mass is 9.79. The Balaban J connectivity index is 1.81. The largest absolute Gasteiger partial charge is 0.361 e. The molecule has 27 heavy (non-hydrogen) atoms. The van der Waals surface area contributed by atoms with Gasteiger partial charge in [0.2, 0.25) is 5.91 Å². The molecule has 0 spiro atoms. The van der Waals surface area contributed by atoms with E-state index in [2.05, 4.69) is 54.7 Å². The van der Waals surface area contributed by atoms with Gasteiger partial charge in [0.1, 0.15) is 0 Å². The second-order valence-corrected chi connectivity index (χ2v) is 7.94. The predicted molar refractivity (Wildman–Crippen MR) is 112 cm³/mol. The second kappa shape index (κ2) is 7.01. The van der Waals surface area contributed by atoms with E-state index in [9.17, 15) is 4.79 Å². The zero-order valence-electron chi connectivity index (χ0n) is 16.6. The number of rotatable bonds is 5. The average molecular weight is 364 g/mol. The Hall–Kier alpha value is -2.33. The highest BCUT2D eigenvalue weighted by molar-refractivity contribution is 6.00. The monoisotopic (exact) mass is 363 g/mol. The van der Waals surface area contributed by atoms with Crippen LogP contribution in [0, 0.1) is 12.8 Å². The van der Waals surface area contributed by atoms with Gasteiger partial charge < -0.3 is 9.88 Å². The number of hydrogen-bond donors (Lipinski definition) is 1. The van der Waals surface area contributed by atoms with Crippen molar-refractivity contribution in [2.24, 2.45) is 5.92 Å². The molecule has 1 aliphatic carbocycles. The number of carbonyl (C=O) groups excluding carboxylic acids is 1. The molecule has 1 N–H and O–H groups in total. The summed E-state index contributed by atoms with van der Waals surface area (Å²) in [6.45, 7) is 10.6. The summed E-state index contributed by atoms with van der Waals surface area (Å²) in [4.78, 5) is 20.8. The molecular formula is C23H29N3O. The Morgan fingerprint density at radius 1 is 1.44 bits per heavy atom. The molecule has 0 radical (unpaired) electrons. The van der Waals surface area contributed by atoms with Crippen molar-refractivity contribution in [3.05, 3.63) is 53.8 Å². The lowest BCUT2D eigenvalue weighted by Crippen LogP contribution is -2.48. The summed E-state index contributed by atoms with van der Waals surface area (Å²) in [5, 5.41) is 1.34. The highest BCUT2D eigenvalue weighted by Gasteiger charge is 2.37.